The number of hydrogen-bond acceptors (Lipinski definition) is 4. The zero-order chi connectivity index (χ0) is 7.72. The van der Waals surface area contributed by atoms with Gasteiger partial charge in [0, 0.05) is 6.54 Å². The highest BCUT2D eigenvalue weighted by atomic mass is 16.4. The van der Waals surface area contributed by atoms with Gasteiger partial charge in [-0.15, -0.1) is 0 Å². The van der Waals surface area contributed by atoms with Crippen LogP contribution in [-0.2, 0) is 4.79 Å². The first-order chi connectivity index (χ1) is 4.63. The van der Waals surface area contributed by atoms with Crippen molar-refractivity contribution in [2.75, 3.05) is 6.54 Å². The molecule has 0 spiro atoms. The molecular formula is C5H9NO4. The van der Waals surface area contributed by atoms with Gasteiger partial charge < -0.3 is 15.3 Å². The summed E-state index contributed by atoms with van der Waals surface area (Å²) in [5, 5.41) is 28.6. The molecule has 0 radical (unpaired) electrons. The molecule has 1 unspecified atom stereocenters. The van der Waals surface area contributed by atoms with Crippen molar-refractivity contribution in [1.82, 2.24) is 5.32 Å². The van der Waals surface area contributed by atoms with E-state index in [0.29, 0.717) is 0 Å². The van der Waals surface area contributed by atoms with Crippen LogP contribution in [0.25, 0.3) is 0 Å². The molecule has 0 aromatic heterocycles. The molecule has 1 aliphatic rings. The first kappa shape index (κ1) is 7.46. The maximum Gasteiger partial charge on any atom is 0.323 e. The van der Waals surface area contributed by atoms with Crippen LogP contribution in [0.5, 0.6) is 0 Å². The molecule has 4 N–H and O–H groups in total. The molecule has 58 valence electrons. The van der Waals surface area contributed by atoms with Gasteiger partial charge in [0.2, 0.25) is 0 Å². The Morgan fingerprint density at radius 3 is 2.30 bits per heavy atom. The van der Waals surface area contributed by atoms with Crippen LogP contribution < -0.4 is 5.32 Å². The van der Waals surface area contributed by atoms with Gasteiger partial charge in [0.15, 0.2) is 0 Å². The maximum absolute atomic E-state index is 10.2. The monoisotopic (exact) mass is 147 g/mol. The van der Waals surface area contributed by atoms with Gasteiger partial charge >= 0.3 is 5.97 Å². The van der Waals surface area contributed by atoms with Crippen molar-refractivity contribution in [3.63, 3.8) is 0 Å². The Morgan fingerprint density at radius 2 is 2.10 bits per heavy atom. The Kier molecular flexibility index (Phi) is 1.89. The van der Waals surface area contributed by atoms with Gasteiger partial charge in [-0.05, 0) is 0 Å². The van der Waals surface area contributed by atoms with Gasteiger partial charge in [-0.25, -0.2) is 0 Å². The molecule has 1 fully saturated rings. The topological polar surface area (TPSA) is 89.8 Å². The molecule has 0 saturated carbocycles. The zero-order valence-corrected chi connectivity index (χ0v) is 5.19. The molecule has 0 aromatic rings. The number of β-amino-alcohol motifs (C(OH)–C–C–N with tert-alkyl or cyclic N) is 1. The van der Waals surface area contributed by atoms with E-state index in [-0.39, 0.29) is 6.54 Å². The minimum atomic E-state index is -1.18. The highest BCUT2D eigenvalue weighted by Crippen LogP contribution is 2.06. The van der Waals surface area contributed by atoms with Crippen molar-refractivity contribution in [3.8, 4) is 0 Å². The summed E-state index contributed by atoms with van der Waals surface area (Å²) < 4.78 is 0. The Labute approximate surface area is 57.3 Å². The van der Waals surface area contributed by atoms with E-state index in [9.17, 15) is 4.79 Å². The van der Waals surface area contributed by atoms with Gasteiger partial charge in [-0.3, -0.25) is 10.1 Å². The van der Waals surface area contributed by atoms with Gasteiger partial charge in [0.05, 0.1) is 6.10 Å². The molecule has 1 rings (SSSR count). The molecule has 0 amide bonds. The first-order valence-corrected chi connectivity index (χ1v) is 2.95. The number of nitrogens with one attached hydrogen (secondary N) is 1. The Bertz CT molecular complexity index is 149. The quantitative estimate of drug-likeness (QED) is 0.337. The van der Waals surface area contributed by atoms with E-state index < -0.39 is 24.2 Å². The van der Waals surface area contributed by atoms with Crippen LogP contribution in [0.2, 0.25) is 0 Å². The zero-order valence-electron chi connectivity index (χ0n) is 5.19. The van der Waals surface area contributed by atoms with Crippen molar-refractivity contribution in [2.45, 2.75) is 18.2 Å². The average Bonchev–Trinajstić information content (AvgIpc) is 2.14. The van der Waals surface area contributed by atoms with Crippen molar-refractivity contribution < 1.29 is 20.1 Å². The Morgan fingerprint density at radius 1 is 1.50 bits per heavy atom. The lowest BCUT2D eigenvalue weighted by molar-refractivity contribution is -0.142. The fraction of sp³-hybridized carbons (Fsp3) is 0.800. The molecule has 0 aliphatic carbocycles. The molecule has 1 heterocycles. The number of carboxylic acids is 1. The average molecular weight is 147 g/mol. The molecule has 0 bridgehead atoms. The second-order valence-corrected chi connectivity index (χ2v) is 2.28. The van der Waals surface area contributed by atoms with Crippen molar-refractivity contribution >= 4 is 5.97 Å². The number of carbonyl (C=O) groups is 1. The highest BCUT2D eigenvalue weighted by Gasteiger charge is 2.37. The van der Waals surface area contributed by atoms with Gasteiger partial charge in [-0.1, -0.05) is 0 Å². The minimum Gasteiger partial charge on any atom is -0.480 e. The number of rotatable bonds is 1. The summed E-state index contributed by atoms with van der Waals surface area (Å²) in [6.07, 6.45) is -2.14. The number of aliphatic hydroxyl groups excluding tert-OH is 2. The minimum absolute atomic E-state index is 0.137. The highest BCUT2D eigenvalue weighted by molar-refractivity contribution is 5.74. The lowest BCUT2D eigenvalue weighted by atomic mass is 10.1. The summed E-state index contributed by atoms with van der Waals surface area (Å²) >= 11 is 0. The molecule has 1 aliphatic heterocycles. The van der Waals surface area contributed by atoms with Crippen LogP contribution in [0.3, 0.4) is 0 Å². The molecule has 5 heteroatoms. The lowest BCUT2D eigenvalue weighted by Gasteiger charge is -2.09. The van der Waals surface area contributed by atoms with Crippen LogP contribution in [-0.4, -0.2) is 46.1 Å². The molecule has 1 saturated heterocycles. The number of aliphatic hydroxyl groups is 2. The number of aliphatic carboxylic acids is 1. The van der Waals surface area contributed by atoms with Crippen molar-refractivity contribution in [1.29, 1.82) is 0 Å². The van der Waals surface area contributed by atoms with Crippen molar-refractivity contribution in [2.24, 2.45) is 0 Å². The lowest BCUT2D eigenvalue weighted by Crippen LogP contribution is -2.39. The summed E-state index contributed by atoms with van der Waals surface area (Å²) in [6, 6.07) is -1.02. The largest absolute Gasteiger partial charge is 0.480 e. The van der Waals surface area contributed by atoms with Crippen LogP contribution in [0.4, 0.5) is 0 Å². The van der Waals surface area contributed by atoms with Crippen LogP contribution in [0.1, 0.15) is 0 Å². The number of carboxylic acid groups (broad SMARTS) is 1. The summed E-state index contributed by atoms with van der Waals surface area (Å²) in [5.41, 5.74) is 0. The van der Waals surface area contributed by atoms with E-state index in [0.717, 1.165) is 0 Å². The fourth-order valence-corrected chi connectivity index (χ4v) is 0.945. The Balaban J connectivity index is 2.57. The van der Waals surface area contributed by atoms with Gasteiger partial charge in [0.1, 0.15) is 12.1 Å². The molecule has 3 atom stereocenters. The normalized spacial score (nSPS) is 40.0. The molecule has 0 aromatic carbocycles. The third-order valence-electron chi connectivity index (χ3n) is 1.55. The Hall–Kier alpha value is -0.650. The van der Waals surface area contributed by atoms with E-state index in [1.54, 1.807) is 0 Å². The van der Waals surface area contributed by atoms with E-state index in [4.69, 9.17) is 15.3 Å². The molecule has 5 nitrogen and oxygen atoms in total. The fourth-order valence-electron chi connectivity index (χ4n) is 0.945. The molecular weight excluding hydrogens is 138 g/mol. The standard InChI is InChI=1S/C5H9NO4/c7-2-1-6-3(4(2)8)5(9)10/h2-4,6-8H,1H2,(H,9,10)/t2-,3?,4+/m1/s1. The molecule has 10 heavy (non-hydrogen) atoms. The predicted molar refractivity (Wildman–Crippen MR) is 31.4 cm³/mol. The first-order valence-electron chi connectivity index (χ1n) is 2.95. The summed E-state index contributed by atoms with van der Waals surface area (Å²) in [5.74, 6) is -1.14. The predicted octanol–water partition coefficient (Wildman–Crippen LogP) is -2.24. The second-order valence-electron chi connectivity index (χ2n) is 2.28. The second kappa shape index (κ2) is 2.53. The summed E-state index contributed by atoms with van der Waals surface area (Å²) in [7, 11) is 0. The summed E-state index contributed by atoms with van der Waals surface area (Å²) in [6.45, 7) is 0.137. The smallest absolute Gasteiger partial charge is 0.323 e. The third kappa shape index (κ3) is 1.11. The van der Waals surface area contributed by atoms with Crippen LogP contribution in [0, 0.1) is 0 Å². The maximum atomic E-state index is 10.2. The van der Waals surface area contributed by atoms with Crippen molar-refractivity contribution in [3.05, 3.63) is 0 Å². The van der Waals surface area contributed by atoms with Gasteiger partial charge in [-0.2, -0.15) is 0 Å². The van der Waals surface area contributed by atoms with E-state index in [1.807, 2.05) is 0 Å². The van der Waals surface area contributed by atoms with Crippen LogP contribution >= 0.6 is 0 Å². The SMILES string of the molecule is O=C(O)C1NC[C@@H](O)[C@@H]1O. The third-order valence-corrected chi connectivity index (χ3v) is 1.55. The van der Waals surface area contributed by atoms with E-state index in [1.165, 1.54) is 0 Å². The van der Waals surface area contributed by atoms with Gasteiger partial charge in [0.25, 0.3) is 0 Å². The van der Waals surface area contributed by atoms with E-state index >= 15 is 0 Å². The number of hydrogen-bond donors (Lipinski definition) is 4. The van der Waals surface area contributed by atoms with E-state index in [2.05, 4.69) is 5.32 Å². The van der Waals surface area contributed by atoms with Crippen LogP contribution in [0.15, 0.2) is 0 Å². The summed E-state index contributed by atoms with van der Waals surface area (Å²) in [4.78, 5) is 10.2.